The summed E-state index contributed by atoms with van der Waals surface area (Å²) in [5, 5.41) is 3.33. The van der Waals surface area contributed by atoms with Gasteiger partial charge in [-0.05, 0) is 31.0 Å². The van der Waals surface area contributed by atoms with Crippen LogP contribution in [-0.4, -0.2) is 38.1 Å². The van der Waals surface area contributed by atoms with Crippen LogP contribution in [0.15, 0.2) is 18.2 Å². The fourth-order valence-corrected chi connectivity index (χ4v) is 2.45. The lowest BCUT2D eigenvalue weighted by Crippen LogP contribution is -2.35. The van der Waals surface area contributed by atoms with E-state index in [1.165, 1.54) is 5.56 Å². The second-order valence-electron chi connectivity index (χ2n) is 4.93. The molecule has 0 saturated carbocycles. The van der Waals surface area contributed by atoms with Crippen molar-refractivity contribution in [2.45, 2.75) is 25.8 Å². The summed E-state index contributed by atoms with van der Waals surface area (Å²) in [6.07, 6.45) is 1.93. The Morgan fingerprint density at radius 2 is 2.26 bits per heavy atom. The maximum atomic E-state index is 12.4. The third-order valence-corrected chi connectivity index (χ3v) is 3.66. The van der Waals surface area contributed by atoms with Gasteiger partial charge in [0.2, 0.25) is 5.91 Å². The van der Waals surface area contributed by atoms with Crippen LogP contribution in [0.4, 0.5) is 0 Å². The number of methoxy groups -OCH3 is 1. The molecule has 104 valence electrons. The second kappa shape index (κ2) is 6.06. The number of amides is 1. The maximum absolute atomic E-state index is 12.4. The Kier molecular flexibility index (Phi) is 4.43. The third-order valence-electron chi connectivity index (χ3n) is 3.66. The lowest BCUT2D eigenvalue weighted by atomic mass is 10.0. The molecule has 1 aromatic carbocycles. The molecule has 1 heterocycles. The van der Waals surface area contributed by atoms with Crippen LogP contribution in [0, 0.1) is 0 Å². The van der Waals surface area contributed by atoms with Crippen LogP contribution in [0.2, 0.25) is 0 Å². The number of benzene rings is 1. The number of nitrogens with one attached hydrogen (secondary N) is 1. The van der Waals surface area contributed by atoms with E-state index in [0.717, 1.165) is 37.2 Å². The molecule has 4 nitrogen and oxygen atoms in total. The molecule has 0 spiro atoms. The highest BCUT2D eigenvalue weighted by Gasteiger charge is 2.28. The van der Waals surface area contributed by atoms with Crippen molar-refractivity contribution in [2.24, 2.45) is 0 Å². The molecule has 0 aromatic heterocycles. The minimum absolute atomic E-state index is 0.115. The Morgan fingerprint density at radius 1 is 1.47 bits per heavy atom. The summed E-state index contributed by atoms with van der Waals surface area (Å²) >= 11 is 0. The van der Waals surface area contributed by atoms with Crippen molar-refractivity contribution in [3.8, 4) is 5.75 Å². The minimum atomic E-state index is -0.297. The summed E-state index contributed by atoms with van der Waals surface area (Å²) < 4.78 is 5.41. The van der Waals surface area contributed by atoms with Crippen LogP contribution in [0.1, 0.15) is 30.5 Å². The quantitative estimate of drug-likeness (QED) is 0.902. The molecule has 1 aliphatic heterocycles. The SMILES string of the molecule is CCc1ccc(OC)c(C2NCCCN(C)C2=O)c1. The van der Waals surface area contributed by atoms with Crippen LogP contribution in [0.5, 0.6) is 5.75 Å². The molecule has 19 heavy (non-hydrogen) atoms. The zero-order valence-corrected chi connectivity index (χ0v) is 11.9. The Morgan fingerprint density at radius 3 is 2.95 bits per heavy atom. The van der Waals surface area contributed by atoms with Gasteiger partial charge in [-0.15, -0.1) is 0 Å². The van der Waals surface area contributed by atoms with Crippen molar-refractivity contribution in [1.82, 2.24) is 10.2 Å². The molecule has 1 aromatic rings. The Hall–Kier alpha value is -1.55. The summed E-state index contributed by atoms with van der Waals surface area (Å²) in [6, 6.07) is 5.78. The number of rotatable bonds is 3. The molecule has 4 heteroatoms. The first-order valence-corrected chi connectivity index (χ1v) is 6.82. The standard InChI is InChI=1S/C15H22N2O2/c1-4-11-6-7-13(19-3)12(10-11)14-15(18)17(2)9-5-8-16-14/h6-7,10,14,16H,4-5,8-9H2,1-3H3. The molecule has 0 radical (unpaired) electrons. The number of hydrogen-bond acceptors (Lipinski definition) is 3. The Bertz CT molecular complexity index is 459. The minimum Gasteiger partial charge on any atom is -0.496 e. The molecule has 1 N–H and O–H groups in total. The summed E-state index contributed by atoms with van der Waals surface area (Å²) in [6.45, 7) is 3.76. The van der Waals surface area contributed by atoms with E-state index >= 15 is 0 Å². The van der Waals surface area contributed by atoms with E-state index in [1.807, 2.05) is 19.2 Å². The summed E-state index contributed by atoms with van der Waals surface area (Å²) in [5.41, 5.74) is 2.16. The number of likely N-dealkylation sites (N-methyl/N-ethyl adjacent to an activating group) is 1. The van der Waals surface area contributed by atoms with Crippen molar-refractivity contribution >= 4 is 5.91 Å². The van der Waals surface area contributed by atoms with Gasteiger partial charge in [-0.3, -0.25) is 4.79 Å². The lowest BCUT2D eigenvalue weighted by Gasteiger charge is -2.22. The first-order chi connectivity index (χ1) is 9.17. The monoisotopic (exact) mass is 262 g/mol. The van der Waals surface area contributed by atoms with Gasteiger partial charge in [0.15, 0.2) is 0 Å². The lowest BCUT2D eigenvalue weighted by molar-refractivity contribution is -0.131. The van der Waals surface area contributed by atoms with Crippen molar-refractivity contribution in [2.75, 3.05) is 27.2 Å². The largest absolute Gasteiger partial charge is 0.496 e. The molecule has 1 amide bonds. The molecule has 1 unspecified atom stereocenters. The van der Waals surface area contributed by atoms with Crippen LogP contribution in [-0.2, 0) is 11.2 Å². The number of hydrogen-bond donors (Lipinski definition) is 1. The van der Waals surface area contributed by atoms with Gasteiger partial charge in [-0.25, -0.2) is 0 Å². The number of aryl methyl sites for hydroxylation is 1. The average Bonchev–Trinajstić information content (AvgIpc) is 2.61. The van der Waals surface area contributed by atoms with E-state index in [0.29, 0.717) is 0 Å². The van der Waals surface area contributed by atoms with E-state index in [9.17, 15) is 4.79 Å². The van der Waals surface area contributed by atoms with Crippen molar-refractivity contribution in [1.29, 1.82) is 0 Å². The number of carbonyl (C=O) groups excluding carboxylic acids is 1. The van der Waals surface area contributed by atoms with Crippen molar-refractivity contribution in [3.05, 3.63) is 29.3 Å². The van der Waals surface area contributed by atoms with E-state index in [-0.39, 0.29) is 11.9 Å². The normalized spacial score (nSPS) is 20.3. The predicted molar refractivity (Wildman–Crippen MR) is 75.4 cm³/mol. The number of carbonyl (C=O) groups is 1. The van der Waals surface area contributed by atoms with Crippen molar-refractivity contribution in [3.63, 3.8) is 0 Å². The van der Waals surface area contributed by atoms with Crippen LogP contribution < -0.4 is 10.1 Å². The van der Waals surface area contributed by atoms with Gasteiger partial charge in [0, 0.05) is 19.2 Å². The van der Waals surface area contributed by atoms with Gasteiger partial charge in [0.05, 0.1) is 7.11 Å². The second-order valence-corrected chi connectivity index (χ2v) is 4.93. The van der Waals surface area contributed by atoms with Crippen LogP contribution in [0.3, 0.4) is 0 Å². The topological polar surface area (TPSA) is 41.6 Å². The maximum Gasteiger partial charge on any atom is 0.244 e. The van der Waals surface area contributed by atoms with Gasteiger partial charge < -0.3 is 15.0 Å². The highest BCUT2D eigenvalue weighted by atomic mass is 16.5. The molecule has 1 aliphatic rings. The molecule has 1 fully saturated rings. The number of nitrogens with zero attached hydrogens (tertiary/aromatic N) is 1. The Balaban J connectivity index is 2.39. The molecular formula is C15H22N2O2. The predicted octanol–water partition coefficient (Wildman–Crippen LogP) is 1.75. The molecule has 0 aliphatic carbocycles. The first kappa shape index (κ1) is 13.9. The zero-order chi connectivity index (χ0) is 13.8. The Labute approximate surface area is 114 Å². The molecule has 1 saturated heterocycles. The fraction of sp³-hybridized carbons (Fsp3) is 0.533. The highest BCUT2D eigenvalue weighted by Crippen LogP contribution is 2.28. The smallest absolute Gasteiger partial charge is 0.244 e. The average molecular weight is 262 g/mol. The van der Waals surface area contributed by atoms with Crippen LogP contribution in [0.25, 0.3) is 0 Å². The fourth-order valence-electron chi connectivity index (χ4n) is 2.45. The van der Waals surface area contributed by atoms with Gasteiger partial charge in [0.1, 0.15) is 11.8 Å². The zero-order valence-electron chi connectivity index (χ0n) is 11.9. The van der Waals surface area contributed by atoms with Crippen LogP contribution >= 0.6 is 0 Å². The highest BCUT2D eigenvalue weighted by molar-refractivity contribution is 5.84. The van der Waals surface area contributed by atoms with Gasteiger partial charge >= 0.3 is 0 Å². The number of ether oxygens (including phenoxy) is 1. The summed E-state index contributed by atoms with van der Waals surface area (Å²) in [7, 11) is 3.51. The van der Waals surface area contributed by atoms with E-state index in [1.54, 1.807) is 12.0 Å². The summed E-state index contributed by atoms with van der Waals surface area (Å²) in [4.78, 5) is 14.2. The summed E-state index contributed by atoms with van der Waals surface area (Å²) in [5.74, 6) is 0.891. The molecule has 0 bridgehead atoms. The van der Waals surface area contributed by atoms with E-state index in [4.69, 9.17) is 4.74 Å². The molecule has 1 atom stereocenters. The first-order valence-electron chi connectivity index (χ1n) is 6.82. The van der Waals surface area contributed by atoms with Gasteiger partial charge in [-0.2, -0.15) is 0 Å². The van der Waals surface area contributed by atoms with Crippen molar-refractivity contribution < 1.29 is 9.53 Å². The third kappa shape index (κ3) is 2.89. The molecular weight excluding hydrogens is 240 g/mol. The van der Waals surface area contributed by atoms with Gasteiger partial charge in [-0.1, -0.05) is 19.1 Å². The molecule has 2 rings (SSSR count). The van der Waals surface area contributed by atoms with E-state index < -0.39 is 0 Å². The van der Waals surface area contributed by atoms with Gasteiger partial charge in [0.25, 0.3) is 0 Å². The van der Waals surface area contributed by atoms with E-state index in [2.05, 4.69) is 18.3 Å².